The number of nitro groups is 1. The van der Waals surface area contributed by atoms with Crippen LogP contribution in [0, 0.1) is 23.0 Å². The minimum Gasteiger partial charge on any atom is -0.486 e. The second-order valence-electron chi connectivity index (χ2n) is 3.83. The van der Waals surface area contributed by atoms with Gasteiger partial charge in [-0.2, -0.15) is 12.6 Å². The molecule has 1 atom stereocenters. The average Bonchev–Trinajstić information content (AvgIpc) is 2.26. The van der Waals surface area contributed by atoms with Crippen LogP contribution in [0.25, 0.3) is 0 Å². The first kappa shape index (κ1) is 12.8. The van der Waals surface area contributed by atoms with Crippen LogP contribution in [-0.2, 0) is 0 Å². The van der Waals surface area contributed by atoms with Crippen molar-refractivity contribution in [3.63, 3.8) is 0 Å². The molecule has 0 saturated carbocycles. The van der Waals surface area contributed by atoms with Gasteiger partial charge in [0.15, 0.2) is 5.75 Å². The van der Waals surface area contributed by atoms with Crippen LogP contribution in [0.3, 0.4) is 0 Å². The van der Waals surface area contributed by atoms with E-state index in [4.69, 9.17) is 4.74 Å². The Hall–Kier alpha value is -1.23. The summed E-state index contributed by atoms with van der Waals surface area (Å²) in [4.78, 5) is 10.4. The third kappa shape index (κ3) is 3.41. The molecular formula is C11H15NO3S. The van der Waals surface area contributed by atoms with Crippen LogP contribution in [0.4, 0.5) is 5.69 Å². The van der Waals surface area contributed by atoms with Gasteiger partial charge in [0.1, 0.15) is 0 Å². The summed E-state index contributed by atoms with van der Waals surface area (Å²) in [5, 5.41) is 10.8. The van der Waals surface area contributed by atoms with Crippen LogP contribution in [0.2, 0.25) is 0 Å². The highest BCUT2D eigenvalue weighted by molar-refractivity contribution is 7.80. The topological polar surface area (TPSA) is 52.4 Å². The second-order valence-corrected chi connectivity index (χ2v) is 4.19. The summed E-state index contributed by atoms with van der Waals surface area (Å²) in [7, 11) is 0. The predicted octanol–water partition coefficient (Wildman–Crippen LogP) is 2.85. The number of nitro benzene ring substituents is 1. The van der Waals surface area contributed by atoms with Gasteiger partial charge in [0, 0.05) is 6.07 Å². The van der Waals surface area contributed by atoms with E-state index in [1.165, 1.54) is 6.07 Å². The van der Waals surface area contributed by atoms with Crippen molar-refractivity contribution in [2.45, 2.75) is 13.8 Å². The number of nitrogens with zero attached hydrogens (tertiary/aromatic N) is 1. The molecule has 0 aliphatic heterocycles. The van der Waals surface area contributed by atoms with Gasteiger partial charge in [0.25, 0.3) is 0 Å². The van der Waals surface area contributed by atoms with E-state index in [2.05, 4.69) is 12.6 Å². The molecule has 1 unspecified atom stereocenters. The van der Waals surface area contributed by atoms with Crippen LogP contribution in [0.5, 0.6) is 5.75 Å². The summed E-state index contributed by atoms with van der Waals surface area (Å²) in [5.41, 5.74) is 0.868. The Morgan fingerprint density at radius 1 is 1.56 bits per heavy atom. The van der Waals surface area contributed by atoms with Crippen molar-refractivity contribution in [3.8, 4) is 5.75 Å². The molecule has 0 aliphatic carbocycles. The Morgan fingerprint density at radius 3 is 2.81 bits per heavy atom. The van der Waals surface area contributed by atoms with Crippen LogP contribution in [0.1, 0.15) is 12.5 Å². The van der Waals surface area contributed by atoms with Gasteiger partial charge in [0.2, 0.25) is 0 Å². The van der Waals surface area contributed by atoms with Gasteiger partial charge >= 0.3 is 5.69 Å². The van der Waals surface area contributed by atoms with E-state index in [1.807, 2.05) is 13.8 Å². The minimum atomic E-state index is -0.423. The summed E-state index contributed by atoms with van der Waals surface area (Å²) in [6, 6.07) is 4.95. The van der Waals surface area contributed by atoms with E-state index in [-0.39, 0.29) is 11.6 Å². The molecule has 16 heavy (non-hydrogen) atoms. The molecule has 0 radical (unpaired) electrons. The van der Waals surface area contributed by atoms with E-state index in [9.17, 15) is 10.1 Å². The van der Waals surface area contributed by atoms with Crippen LogP contribution in [0.15, 0.2) is 18.2 Å². The molecule has 0 fully saturated rings. The molecule has 0 bridgehead atoms. The molecular weight excluding hydrogens is 226 g/mol. The molecule has 4 nitrogen and oxygen atoms in total. The van der Waals surface area contributed by atoms with E-state index in [0.29, 0.717) is 18.1 Å². The molecule has 0 aromatic heterocycles. The molecule has 1 aromatic rings. The molecule has 0 N–H and O–H groups in total. The second kappa shape index (κ2) is 5.75. The number of hydrogen-bond acceptors (Lipinski definition) is 4. The van der Waals surface area contributed by atoms with Gasteiger partial charge in [-0.25, -0.2) is 0 Å². The SMILES string of the molecule is Cc1ccc(OCC(C)CS)c([N+](=O)[O-])c1. The monoisotopic (exact) mass is 241 g/mol. The fourth-order valence-electron chi connectivity index (χ4n) is 1.18. The minimum absolute atomic E-state index is 0.0198. The van der Waals surface area contributed by atoms with E-state index < -0.39 is 4.92 Å². The Labute approximate surface area is 100 Å². The van der Waals surface area contributed by atoms with Gasteiger partial charge in [-0.15, -0.1) is 0 Å². The third-order valence-electron chi connectivity index (χ3n) is 2.15. The zero-order valence-electron chi connectivity index (χ0n) is 9.34. The maximum absolute atomic E-state index is 10.8. The number of benzene rings is 1. The predicted molar refractivity (Wildman–Crippen MR) is 66.3 cm³/mol. The van der Waals surface area contributed by atoms with Gasteiger partial charge in [-0.1, -0.05) is 13.0 Å². The maximum atomic E-state index is 10.8. The molecule has 1 aromatic carbocycles. The molecule has 0 heterocycles. The van der Waals surface area contributed by atoms with Crippen molar-refractivity contribution >= 4 is 18.3 Å². The third-order valence-corrected chi connectivity index (χ3v) is 2.77. The number of rotatable bonds is 5. The smallest absolute Gasteiger partial charge is 0.311 e. The van der Waals surface area contributed by atoms with Crippen molar-refractivity contribution in [1.29, 1.82) is 0 Å². The Kier molecular flexibility index (Phi) is 4.61. The maximum Gasteiger partial charge on any atom is 0.311 e. The van der Waals surface area contributed by atoms with Gasteiger partial charge < -0.3 is 4.74 Å². The highest BCUT2D eigenvalue weighted by atomic mass is 32.1. The Balaban J connectivity index is 2.82. The standard InChI is InChI=1S/C11H15NO3S/c1-8-3-4-11(10(5-8)12(13)14)15-6-9(2)7-16/h3-5,9,16H,6-7H2,1-2H3. The van der Waals surface area contributed by atoms with Crippen molar-refractivity contribution < 1.29 is 9.66 Å². The molecule has 1 rings (SSSR count). The largest absolute Gasteiger partial charge is 0.486 e. The fourth-order valence-corrected chi connectivity index (χ4v) is 1.28. The van der Waals surface area contributed by atoms with Crippen LogP contribution in [-0.4, -0.2) is 17.3 Å². The lowest BCUT2D eigenvalue weighted by Crippen LogP contribution is -2.10. The van der Waals surface area contributed by atoms with Gasteiger partial charge in [-0.3, -0.25) is 10.1 Å². The fraction of sp³-hybridized carbons (Fsp3) is 0.455. The molecule has 88 valence electrons. The Morgan fingerprint density at radius 2 is 2.25 bits per heavy atom. The summed E-state index contributed by atoms with van der Waals surface area (Å²) >= 11 is 4.13. The number of thiol groups is 1. The quantitative estimate of drug-likeness (QED) is 0.490. The number of ether oxygens (including phenoxy) is 1. The summed E-state index contributed by atoms with van der Waals surface area (Å²) in [5.74, 6) is 1.29. The first-order valence-corrected chi connectivity index (χ1v) is 5.66. The zero-order valence-corrected chi connectivity index (χ0v) is 10.2. The van der Waals surface area contributed by atoms with Crippen molar-refractivity contribution in [2.24, 2.45) is 5.92 Å². The van der Waals surface area contributed by atoms with Crippen molar-refractivity contribution in [2.75, 3.05) is 12.4 Å². The molecule has 0 spiro atoms. The number of hydrogen-bond donors (Lipinski definition) is 1. The van der Waals surface area contributed by atoms with Crippen LogP contribution < -0.4 is 4.74 Å². The number of aryl methyl sites for hydroxylation is 1. The van der Waals surface area contributed by atoms with Crippen LogP contribution >= 0.6 is 12.6 Å². The lowest BCUT2D eigenvalue weighted by Gasteiger charge is -2.10. The first-order valence-electron chi connectivity index (χ1n) is 5.03. The van der Waals surface area contributed by atoms with Gasteiger partial charge in [0.05, 0.1) is 11.5 Å². The van der Waals surface area contributed by atoms with Crippen molar-refractivity contribution in [1.82, 2.24) is 0 Å². The van der Waals surface area contributed by atoms with E-state index >= 15 is 0 Å². The lowest BCUT2D eigenvalue weighted by molar-refractivity contribution is -0.385. The molecule has 0 aliphatic rings. The zero-order chi connectivity index (χ0) is 12.1. The van der Waals surface area contributed by atoms with Crippen molar-refractivity contribution in [3.05, 3.63) is 33.9 Å². The Bertz CT molecular complexity index is 381. The summed E-state index contributed by atoms with van der Waals surface area (Å²) in [6.07, 6.45) is 0. The van der Waals surface area contributed by atoms with E-state index in [0.717, 1.165) is 5.56 Å². The molecule has 0 amide bonds. The molecule has 0 saturated heterocycles. The first-order chi connectivity index (χ1) is 7.54. The summed E-state index contributed by atoms with van der Waals surface area (Å²) < 4.78 is 5.42. The highest BCUT2D eigenvalue weighted by Crippen LogP contribution is 2.28. The lowest BCUT2D eigenvalue weighted by atomic mass is 10.2. The highest BCUT2D eigenvalue weighted by Gasteiger charge is 2.15. The summed E-state index contributed by atoms with van der Waals surface area (Å²) in [6.45, 7) is 4.23. The average molecular weight is 241 g/mol. The van der Waals surface area contributed by atoms with Gasteiger partial charge in [-0.05, 0) is 30.2 Å². The normalized spacial score (nSPS) is 12.2. The molecule has 5 heteroatoms. The van der Waals surface area contributed by atoms with E-state index in [1.54, 1.807) is 12.1 Å².